The van der Waals surface area contributed by atoms with Crippen LogP contribution >= 0.6 is 12.4 Å². The van der Waals surface area contributed by atoms with E-state index in [4.69, 9.17) is 14.2 Å². The molecule has 1 fully saturated rings. The number of pyridine rings is 1. The molecule has 4 rings (SSSR count). The zero-order valence-corrected chi connectivity index (χ0v) is 16.9. The summed E-state index contributed by atoms with van der Waals surface area (Å²) in [4.78, 5) is 25.7. The Morgan fingerprint density at radius 3 is 2.90 bits per heavy atom. The van der Waals surface area contributed by atoms with Crippen molar-refractivity contribution in [3.05, 3.63) is 51.9 Å². The minimum Gasteiger partial charge on any atom is -0.454 e. The normalized spacial score (nSPS) is 17.5. The maximum atomic E-state index is 13.0. The summed E-state index contributed by atoms with van der Waals surface area (Å²) >= 11 is 0. The third-order valence-electron chi connectivity index (χ3n) is 4.92. The number of carbonyl (C=O) groups is 1. The fourth-order valence-electron chi connectivity index (χ4n) is 3.38. The van der Waals surface area contributed by atoms with Gasteiger partial charge in [0.05, 0.1) is 18.4 Å². The minimum absolute atomic E-state index is 0. The van der Waals surface area contributed by atoms with E-state index in [-0.39, 0.29) is 42.3 Å². The van der Waals surface area contributed by atoms with E-state index in [1.165, 1.54) is 4.57 Å². The fourth-order valence-corrected chi connectivity index (χ4v) is 3.38. The maximum Gasteiger partial charge on any atom is 0.268 e. The van der Waals surface area contributed by atoms with E-state index >= 15 is 0 Å². The first-order valence-corrected chi connectivity index (χ1v) is 9.36. The highest BCUT2D eigenvalue weighted by atomic mass is 35.5. The van der Waals surface area contributed by atoms with Crippen LogP contribution in [0.25, 0.3) is 5.69 Å². The Morgan fingerprint density at radius 1 is 1.28 bits per heavy atom. The van der Waals surface area contributed by atoms with Crippen molar-refractivity contribution in [2.24, 2.45) is 0 Å². The predicted molar refractivity (Wildman–Crippen MR) is 110 cm³/mol. The van der Waals surface area contributed by atoms with Crippen LogP contribution < -0.4 is 25.7 Å². The molecule has 3 heterocycles. The number of aromatic nitrogens is 1. The third kappa shape index (κ3) is 4.55. The molecule has 2 aliphatic rings. The van der Waals surface area contributed by atoms with Gasteiger partial charge < -0.3 is 24.8 Å². The largest absolute Gasteiger partial charge is 0.454 e. The Balaban J connectivity index is 0.00000240. The number of fused-ring (bicyclic) bond motifs is 1. The number of aryl methyl sites for hydroxylation is 1. The Hall–Kier alpha value is -2.55. The summed E-state index contributed by atoms with van der Waals surface area (Å²) in [7, 11) is 0. The standard InChI is InChI=1S/C20H23N3O5.ClH/c1-13-5-8-23(14-2-3-16-17(10-14)28-12-27-16)20(25)18(13)19(24)22-6-4-15-11-21-7-9-26-15;/h2-3,5,8,10,15,21H,4,6-7,9,11-12H2,1H3,(H,22,24);1H. The number of ether oxygens (including phenoxy) is 3. The van der Waals surface area contributed by atoms with E-state index in [1.54, 1.807) is 37.4 Å². The van der Waals surface area contributed by atoms with Gasteiger partial charge in [0.25, 0.3) is 11.5 Å². The van der Waals surface area contributed by atoms with Crippen molar-refractivity contribution < 1.29 is 19.0 Å². The first-order valence-electron chi connectivity index (χ1n) is 9.36. The molecule has 1 atom stereocenters. The molecule has 1 amide bonds. The zero-order valence-electron chi connectivity index (χ0n) is 16.1. The molecule has 9 heteroatoms. The molecule has 1 unspecified atom stereocenters. The van der Waals surface area contributed by atoms with Crippen molar-refractivity contribution in [1.82, 2.24) is 15.2 Å². The molecular weight excluding hydrogens is 398 g/mol. The van der Waals surface area contributed by atoms with Gasteiger partial charge in [0.2, 0.25) is 6.79 Å². The monoisotopic (exact) mass is 421 g/mol. The van der Waals surface area contributed by atoms with Crippen LogP contribution in [-0.2, 0) is 4.74 Å². The lowest BCUT2D eigenvalue weighted by Gasteiger charge is -2.23. The number of rotatable bonds is 5. The molecule has 1 saturated heterocycles. The molecule has 156 valence electrons. The number of amides is 1. The first kappa shape index (κ1) is 21.2. The van der Waals surface area contributed by atoms with E-state index in [9.17, 15) is 9.59 Å². The molecule has 1 aromatic carbocycles. The van der Waals surface area contributed by atoms with Crippen molar-refractivity contribution in [3.63, 3.8) is 0 Å². The van der Waals surface area contributed by atoms with Crippen molar-refractivity contribution in [3.8, 4) is 17.2 Å². The topological polar surface area (TPSA) is 90.8 Å². The summed E-state index contributed by atoms with van der Waals surface area (Å²) < 4.78 is 17.8. The molecule has 0 aliphatic carbocycles. The number of halogens is 1. The third-order valence-corrected chi connectivity index (χ3v) is 4.92. The molecule has 2 N–H and O–H groups in total. The van der Waals surface area contributed by atoms with Crippen molar-refractivity contribution in [2.75, 3.05) is 33.0 Å². The van der Waals surface area contributed by atoms with E-state index < -0.39 is 0 Å². The highest BCUT2D eigenvalue weighted by Gasteiger charge is 2.19. The summed E-state index contributed by atoms with van der Waals surface area (Å²) in [6.45, 7) is 4.67. The van der Waals surface area contributed by atoms with Crippen molar-refractivity contribution in [2.45, 2.75) is 19.4 Å². The van der Waals surface area contributed by atoms with Gasteiger partial charge in [-0.05, 0) is 37.1 Å². The predicted octanol–water partition coefficient (Wildman–Crippen LogP) is 1.40. The van der Waals surface area contributed by atoms with E-state index in [1.807, 2.05) is 0 Å². The molecule has 0 spiro atoms. The van der Waals surface area contributed by atoms with Crippen LogP contribution in [0.3, 0.4) is 0 Å². The van der Waals surface area contributed by atoms with Gasteiger partial charge in [-0.1, -0.05) is 0 Å². The maximum absolute atomic E-state index is 13.0. The average Bonchev–Trinajstić information content (AvgIpc) is 3.17. The Labute approximate surface area is 174 Å². The highest BCUT2D eigenvalue weighted by Crippen LogP contribution is 2.33. The van der Waals surface area contributed by atoms with Gasteiger partial charge in [-0.2, -0.15) is 0 Å². The summed E-state index contributed by atoms with van der Waals surface area (Å²) in [5, 5.41) is 6.10. The Morgan fingerprint density at radius 2 is 2.10 bits per heavy atom. The van der Waals surface area contributed by atoms with Crippen LogP contribution in [0.4, 0.5) is 0 Å². The van der Waals surface area contributed by atoms with Gasteiger partial charge in [0.15, 0.2) is 11.5 Å². The number of nitrogens with zero attached hydrogens (tertiary/aromatic N) is 1. The lowest BCUT2D eigenvalue weighted by molar-refractivity contribution is 0.0239. The van der Waals surface area contributed by atoms with Crippen molar-refractivity contribution in [1.29, 1.82) is 0 Å². The van der Waals surface area contributed by atoms with Gasteiger partial charge >= 0.3 is 0 Å². The van der Waals surface area contributed by atoms with Crippen molar-refractivity contribution >= 4 is 18.3 Å². The molecule has 2 aliphatic heterocycles. The van der Waals surface area contributed by atoms with Gasteiger partial charge in [0, 0.05) is 31.9 Å². The van der Waals surface area contributed by atoms with Gasteiger partial charge in [0.1, 0.15) is 5.56 Å². The van der Waals surface area contributed by atoms with Crippen LogP contribution in [0.1, 0.15) is 22.3 Å². The number of benzene rings is 1. The van der Waals surface area contributed by atoms with E-state index in [0.717, 1.165) is 13.1 Å². The smallest absolute Gasteiger partial charge is 0.268 e. The molecule has 0 bridgehead atoms. The molecular formula is C20H24ClN3O5. The fraction of sp³-hybridized carbons (Fsp3) is 0.400. The molecule has 1 aromatic heterocycles. The first-order chi connectivity index (χ1) is 13.6. The lowest BCUT2D eigenvalue weighted by atomic mass is 10.1. The number of morpholine rings is 1. The highest BCUT2D eigenvalue weighted by molar-refractivity contribution is 5.95. The summed E-state index contributed by atoms with van der Waals surface area (Å²) in [6, 6.07) is 7.00. The van der Waals surface area contributed by atoms with Gasteiger partial charge in [-0.25, -0.2) is 0 Å². The molecule has 2 aromatic rings. The Kier molecular flexibility index (Phi) is 6.79. The SMILES string of the molecule is Cc1ccn(-c2ccc3c(c2)OCO3)c(=O)c1C(=O)NCCC1CNCCO1.Cl. The average molecular weight is 422 g/mol. The number of hydrogen-bond acceptors (Lipinski definition) is 6. The minimum atomic E-state index is -0.374. The summed E-state index contributed by atoms with van der Waals surface area (Å²) in [5.74, 6) is 0.847. The Bertz CT molecular complexity index is 940. The lowest BCUT2D eigenvalue weighted by Crippen LogP contribution is -2.41. The molecule has 8 nitrogen and oxygen atoms in total. The summed E-state index contributed by atoms with van der Waals surface area (Å²) in [5.41, 5.74) is 1.02. The number of carbonyl (C=O) groups excluding carboxylic acids is 1. The van der Waals surface area contributed by atoms with Crippen LogP contribution in [0.5, 0.6) is 11.5 Å². The second-order valence-corrected chi connectivity index (χ2v) is 6.83. The quantitative estimate of drug-likeness (QED) is 0.758. The second kappa shape index (κ2) is 9.30. The van der Waals surface area contributed by atoms with Gasteiger partial charge in [-0.3, -0.25) is 14.2 Å². The van der Waals surface area contributed by atoms with E-state index in [0.29, 0.717) is 42.3 Å². The second-order valence-electron chi connectivity index (χ2n) is 6.83. The number of nitrogens with one attached hydrogen (secondary N) is 2. The number of hydrogen-bond donors (Lipinski definition) is 2. The van der Waals surface area contributed by atoms with Crippen LogP contribution in [0.15, 0.2) is 35.3 Å². The zero-order chi connectivity index (χ0) is 19.5. The van der Waals surface area contributed by atoms with Crippen LogP contribution in [-0.4, -0.2) is 49.6 Å². The van der Waals surface area contributed by atoms with Gasteiger partial charge in [-0.15, -0.1) is 12.4 Å². The van der Waals surface area contributed by atoms with Crippen LogP contribution in [0, 0.1) is 6.92 Å². The molecule has 0 saturated carbocycles. The van der Waals surface area contributed by atoms with E-state index in [2.05, 4.69) is 10.6 Å². The molecule has 29 heavy (non-hydrogen) atoms. The summed E-state index contributed by atoms with van der Waals surface area (Å²) in [6.07, 6.45) is 2.44. The van der Waals surface area contributed by atoms with Crippen LogP contribution in [0.2, 0.25) is 0 Å². The molecule has 0 radical (unpaired) electrons.